The summed E-state index contributed by atoms with van der Waals surface area (Å²) >= 11 is 0. The molecule has 0 aromatic heterocycles. The molecule has 19 heavy (non-hydrogen) atoms. The molecular formula is C11H15F3N2O2S. The fraction of sp³-hybridized carbons (Fsp3) is 0.455. The Morgan fingerprint density at radius 3 is 2.16 bits per heavy atom. The number of rotatable bonds is 5. The maximum absolute atomic E-state index is 12.3. The van der Waals surface area contributed by atoms with Crippen LogP contribution in [0.1, 0.15) is 6.42 Å². The van der Waals surface area contributed by atoms with Crippen LogP contribution in [-0.2, 0) is 9.84 Å². The molecular weight excluding hydrogens is 281 g/mol. The van der Waals surface area contributed by atoms with Gasteiger partial charge in [-0.05, 0) is 37.2 Å². The van der Waals surface area contributed by atoms with Crippen LogP contribution in [0.5, 0.6) is 0 Å². The Hall–Kier alpha value is -1.28. The highest BCUT2D eigenvalue weighted by atomic mass is 32.2. The Morgan fingerprint density at radius 1 is 1.21 bits per heavy atom. The van der Waals surface area contributed by atoms with E-state index < -0.39 is 20.2 Å². The highest BCUT2D eigenvalue weighted by Crippen LogP contribution is 2.30. The van der Waals surface area contributed by atoms with Crippen LogP contribution in [-0.4, -0.2) is 34.1 Å². The Kier molecular flexibility index (Phi) is 4.81. The van der Waals surface area contributed by atoms with Crippen LogP contribution >= 0.6 is 0 Å². The Morgan fingerprint density at radius 2 is 1.74 bits per heavy atom. The molecule has 1 rings (SSSR count). The lowest BCUT2D eigenvalue weighted by Gasteiger charge is -2.19. The van der Waals surface area contributed by atoms with Gasteiger partial charge < -0.3 is 10.6 Å². The van der Waals surface area contributed by atoms with E-state index in [-0.39, 0.29) is 0 Å². The van der Waals surface area contributed by atoms with Crippen LogP contribution in [0.15, 0.2) is 29.2 Å². The second-order valence-electron chi connectivity index (χ2n) is 4.01. The van der Waals surface area contributed by atoms with Gasteiger partial charge in [0.15, 0.2) is 0 Å². The van der Waals surface area contributed by atoms with Gasteiger partial charge in [-0.3, -0.25) is 0 Å². The van der Waals surface area contributed by atoms with E-state index in [9.17, 15) is 21.6 Å². The second kappa shape index (κ2) is 5.79. The number of nitrogens with zero attached hydrogens (tertiary/aromatic N) is 1. The van der Waals surface area contributed by atoms with E-state index in [0.29, 0.717) is 18.8 Å². The molecule has 8 heteroatoms. The van der Waals surface area contributed by atoms with Crippen molar-refractivity contribution in [2.45, 2.75) is 16.8 Å². The summed E-state index contributed by atoms with van der Waals surface area (Å²) < 4.78 is 59.3. The third-order valence-electron chi connectivity index (χ3n) is 2.59. The molecule has 0 unspecified atom stereocenters. The second-order valence-corrected chi connectivity index (χ2v) is 5.95. The Labute approximate surface area is 109 Å². The number of nitrogens with two attached hydrogens (primary N) is 1. The number of alkyl halides is 3. The number of halogens is 3. The lowest BCUT2D eigenvalue weighted by atomic mass is 10.3. The maximum Gasteiger partial charge on any atom is 0.501 e. The van der Waals surface area contributed by atoms with E-state index in [1.54, 1.807) is 11.9 Å². The fourth-order valence-corrected chi connectivity index (χ4v) is 2.23. The van der Waals surface area contributed by atoms with Crippen molar-refractivity contribution in [3.8, 4) is 0 Å². The van der Waals surface area contributed by atoms with Gasteiger partial charge in [0.05, 0.1) is 4.90 Å². The topological polar surface area (TPSA) is 63.4 Å². The highest BCUT2D eigenvalue weighted by Gasteiger charge is 2.46. The zero-order valence-corrected chi connectivity index (χ0v) is 11.1. The first-order valence-corrected chi connectivity index (χ1v) is 7.01. The number of sulfone groups is 1. The summed E-state index contributed by atoms with van der Waals surface area (Å²) in [6, 6.07) is 4.60. The molecule has 0 saturated heterocycles. The molecule has 0 aliphatic heterocycles. The van der Waals surface area contributed by atoms with Crippen molar-refractivity contribution in [2.24, 2.45) is 5.73 Å². The van der Waals surface area contributed by atoms with Gasteiger partial charge in [0.1, 0.15) is 0 Å². The van der Waals surface area contributed by atoms with Crippen LogP contribution in [0.4, 0.5) is 18.9 Å². The largest absolute Gasteiger partial charge is 0.501 e. The molecule has 1 aromatic carbocycles. The molecule has 0 amide bonds. The standard InChI is InChI=1S/C11H15F3N2O2S/c1-16(8-2-7-15)9-3-5-10(6-4-9)19(17,18)11(12,13)14/h3-6H,2,7-8,15H2,1H3. The van der Waals surface area contributed by atoms with E-state index >= 15 is 0 Å². The van der Waals surface area contributed by atoms with E-state index in [2.05, 4.69) is 0 Å². The molecule has 4 nitrogen and oxygen atoms in total. The molecule has 0 atom stereocenters. The summed E-state index contributed by atoms with van der Waals surface area (Å²) in [5.74, 6) is 0. The molecule has 0 heterocycles. The monoisotopic (exact) mass is 296 g/mol. The number of benzene rings is 1. The van der Waals surface area contributed by atoms with Gasteiger partial charge in [-0.1, -0.05) is 0 Å². The van der Waals surface area contributed by atoms with Crippen molar-refractivity contribution in [2.75, 3.05) is 25.0 Å². The normalized spacial score (nSPS) is 12.5. The molecule has 0 aliphatic rings. The lowest BCUT2D eigenvalue weighted by molar-refractivity contribution is -0.0436. The summed E-state index contributed by atoms with van der Waals surface area (Å²) in [5, 5.41) is 0. The summed E-state index contributed by atoms with van der Waals surface area (Å²) in [5.41, 5.74) is 0.709. The minimum Gasteiger partial charge on any atom is -0.375 e. The first-order chi connectivity index (χ1) is 8.70. The first kappa shape index (κ1) is 15.8. The van der Waals surface area contributed by atoms with Gasteiger partial charge in [0.2, 0.25) is 0 Å². The van der Waals surface area contributed by atoms with Crippen molar-refractivity contribution < 1.29 is 21.6 Å². The SMILES string of the molecule is CN(CCCN)c1ccc(S(=O)(=O)C(F)(F)F)cc1. The van der Waals surface area contributed by atoms with E-state index in [0.717, 1.165) is 18.6 Å². The molecule has 0 spiro atoms. The predicted molar refractivity (Wildman–Crippen MR) is 66.6 cm³/mol. The van der Waals surface area contributed by atoms with Gasteiger partial charge in [0, 0.05) is 19.3 Å². The van der Waals surface area contributed by atoms with Gasteiger partial charge in [-0.2, -0.15) is 13.2 Å². The third-order valence-corrected chi connectivity index (χ3v) is 4.09. The summed E-state index contributed by atoms with van der Waals surface area (Å²) in [4.78, 5) is 1.03. The van der Waals surface area contributed by atoms with Crippen LogP contribution in [0, 0.1) is 0 Å². The zero-order chi connectivity index (χ0) is 14.7. The van der Waals surface area contributed by atoms with Crippen LogP contribution in [0.25, 0.3) is 0 Å². The molecule has 0 radical (unpaired) electrons. The summed E-state index contributed by atoms with van der Waals surface area (Å²) in [6.45, 7) is 1.15. The molecule has 0 fully saturated rings. The van der Waals surface area contributed by atoms with Crippen molar-refractivity contribution in [3.63, 3.8) is 0 Å². The quantitative estimate of drug-likeness (QED) is 0.899. The molecule has 108 valence electrons. The fourth-order valence-electron chi connectivity index (χ4n) is 1.47. The van der Waals surface area contributed by atoms with Crippen LogP contribution in [0.2, 0.25) is 0 Å². The Bertz CT molecular complexity index is 512. The van der Waals surface area contributed by atoms with Crippen molar-refractivity contribution in [3.05, 3.63) is 24.3 Å². The minimum absolute atomic E-state index is 0.505. The molecule has 0 bridgehead atoms. The predicted octanol–water partition coefficient (Wildman–Crippen LogP) is 1.77. The zero-order valence-electron chi connectivity index (χ0n) is 10.3. The summed E-state index contributed by atoms with van der Waals surface area (Å²) in [7, 11) is -3.52. The van der Waals surface area contributed by atoms with E-state index in [1.165, 1.54) is 12.1 Å². The van der Waals surface area contributed by atoms with Crippen LogP contribution in [0.3, 0.4) is 0 Å². The van der Waals surface area contributed by atoms with E-state index in [1.807, 2.05) is 0 Å². The Balaban J connectivity index is 2.94. The molecule has 1 aromatic rings. The van der Waals surface area contributed by atoms with Crippen LogP contribution < -0.4 is 10.6 Å². The maximum atomic E-state index is 12.3. The third kappa shape index (κ3) is 3.60. The molecule has 0 aliphatic carbocycles. The minimum atomic E-state index is -5.28. The molecule has 2 N–H and O–H groups in total. The average molecular weight is 296 g/mol. The van der Waals surface area contributed by atoms with Gasteiger partial charge in [-0.25, -0.2) is 8.42 Å². The highest BCUT2D eigenvalue weighted by molar-refractivity contribution is 7.92. The van der Waals surface area contributed by atoms with Crippen molar-refractivity contribution in [1.82, 2.24) is 0 Å². The number of anilines is 1. The smallest absolute Gasteiger partial charge is 0.375 e. The average Bonchev–Trinajstić information content (AvgIpc) is 2.34. The molecule has 0 saturated carbocycles. The lowest BCUT2D eigenvalue weighted by Crippen LogP contribution is -2.24. The van der Waals surface area contributed by atoms with Crippen molar-refractivity contribution in [1.29, 1.82) is 0 Å². The van der Waals surface area contributed by atoms with Crippen molar-refractivity contribution >= 4 is 15.5 Å². The van der Waals surface area contributed by atoms with Gasteiger partial charge in [-0.15, -0.1) is 0 Å². The summed E-state index contributed by atoms with van der Waals surface area (Å²) in [6.07, 6.45) is 0.735. The number of hydrogen-bond donors (Lipinski definition) is 1. The van der Waals surface area contributed by atoms with Gasteiger partial charge in [0.25, 0.3) is 9.84 Å². The van der Waals surface area contributed by atoms with E-state index in [4.69, 9.17) is 5.73 Å². The number of hydrogen-bond acceptors (Lipinski definition) is 4. The van der Waals surface area contributed by atoms with Gasteiger partial charge >= 0.3 is 5.51 Å². The first-order valence-electron chi connectivity index (χ1n) is 5.53.